The van der Waals surface area contributed by atoms with Gasteiger partial charge in [-0.25, -0.2) is 4.98 Å². The topological polar surface area (TPSA) is 38.1 Å². The normalized spacial score (nSPS) is 11.9. The van der Waals surface area contributed by atoms with Gasteiger partial charge in [0.15, 0.2) is 6.39 Å². The van der Waals surface area contributed by atoms with E-state index in [4.69, 9.17) is 4.42 Å². The molecule has 1 aromatic rings. The van der Waals surface area contributed by atoms with Crippen molar-refractivity contribution in [2.24, 2.45) is 5.41 Å². The third kappa shape index (κ3) is 3.53. The predicted octanol–water partition coefficient (Wildman–Crippen LogP) is 1.81. The van der Waals surface area contributed by atoms with Gasteiger partial charge in [0, 0.05) is 6.54 Å². The summed E-state index contributed by atoms with van der Waals surface area (Å²) < 4.78 is 5.07. The van der Waals surface area contributed by atoms with Gasteiger partial charge < -0.3 is 9.73 Å². The third-order valence-electron chi connectivity index (χ3n) is 1.44. The minimum atomic E-state index is 0.319. The van der Waals surface area contributed by atoms with Crippen LogP contribution >= 0.6 is 0 Å². The minimum Gasteiger partial charge on any atom is -0.447 e. The largest absolute Gasteiger partial charge is 0.447 e. The zero-order chi connectivity index (χ0) is 9.03. The monoisotopic (exact) mass is 168 g/mol. The van der Waals surface area contributed by atoms with Gasteiger partial charge in [-0.2, -0.15) is 0 Å². The molecule has 0 unspecified atom stereocenters. The van der Waals surface area contributed by atoms with Crippen LogP contribution in [0.15, 0.2) is 17.0 Å². The van der Waals surface area contributed by atoms with Crippen molar-refractivity contribution in [3.8, 4) is 0 Å². The second-order valence-corrected chi connectivity index (χ2v) is 4.13. The molecule has 12 heavy (non-hydrogen) atoms. The summed E-state index contributed by atoms with van der Waals surface area (Å²) in [5, 5.41) is 3.29. The Kier molecular flexibility index (Phi) is 2.87. The molecule has 0 aromatic carbocycles. The first-order chi connectivity index (χ1) is 5.58. The quantitative estimate of drug-likeness (QED) is 0.748. The van der Waals surface area contributed by atoms with Gasteiger partial charge in [-0.15, -0.1) is 0 Å². The number of rotatable bonds is 3. The van der Waals surface area contributed by atoms with Gasteiger partial charge in [-0.1, -0.05) is 20.8 Å². The Morgan fingerprint density at radius 1 is 1.50 bits per heavy atom. The van der Waals surface area contributed by atoms with Gasteiger partial charge >= 0.3 is 0 Å². The van der Waals surface area contributed by atoms with Crippen LogP contribution in [0, 0.1) is 5.41 Å². The molecule has 0 spiro atoms. The SMILES string of the molecule is CC(C)(C)CNCc1cnco1. The number of oxazole rings is 1. The third-order valence-corrected chi connectivity index (χ3v) is 1.44. The number of hydrogen-bond acceptors (Lipinski definition) is 3. The molecule has 0 aliphatic carbocycles. The van der Waals surface area contributed by atoms with Crippen LogP contribution in [0.25, 0.3) is 0 Å². The Morgan fingerprint density at radius 2 is 2.25 bits per heavy atom. The van der Waals surface area contributed by atoms with Crippen molar-refractivity contribution in [3.63, 3.8) is 0 Å². The molecule has 68 valence electrons. The summed E-state index contributed by atoms with van der Waals surface area (Å²) in [6.45, 7) is 8.33. The van der Waals surface area contributed by atoms with Crippen molar-refractivity contribution in [3.05, 3.63) is 18.4 Å². The highest BCUT2D eigenvalue weighted by Gasteiger charge is 2.08. The van der Waals surface area contributed by atoms with Gasteiger partial charge in [-0.3, -0.25) is 0 Å². The number of nitrogens with zero attached hydrogens (tertiary/aromatic N) is 1. The molecule has 0 fully saturated rings. The van der Waals surface area contributed by atoms with E-state index in [0.717, 1.165) is 18.8 Å². The fourth-order valence-electron chi connectivity index (χ4n) is 0.890. The lowest BCUT2D eigenvalue weighted by Gasteiger charge is -2.17. The molecule has 1 N–H and O–H groups in total. The Labute approximate surface area is 73.2 Å². The summed E-state index contributed by atoms with van der Waals surface area (Å²) in [7, 11) is 0. The molecule has 3 heteroatoms. The van der Waals surface area contributed by atoms with Crippen LogP contribution in [-0.2, 0) is 6.54 Å². The molecule has 1 heterocycles. The van der Waals surface area contributed by atoms with Gasteiger partial charge in [0.2, 0.25) is 0 Å². The van der Waals surface area contributed by atoms with E-state index in [1.807, 2.05) is 0 Å². The van der Waals surface area contributed by atoms with E-state index in [1.54, 1.807) is 6.20 Å². The molecule has 0 saturated carbocycles. The van der Waals surface area contributed by atoms with Crippen molar-refractivity contribution in [2.75, 3.05) is 6.54 Å². The van der Waals surface area contributed by atoms with Gasteiger partial charge in [0.25, 0.3) is 0 Å². The highest BCUT2D eigenvalue weighted by Crippen LogP contribution is 2.10. The fourth-order valence-corrected chi connectivity index (χ4v) is 0.890. The standard InChI is InChI=1S/C9H16N2O/c1-9(2,3)6-10-4-8-5-11-7-12-8/h5,7,10H,4,6H2,1-3H3. The molecule has 0 aliphatic heterocycles. The number of hydrogen-bond donors (Lipinski definition) is 1. The van der Waals surface area contributed by atoms with Crippen LogP contribution in [0.3, 0.4) is 0 Å². The first-order valence-corrected chi connectivity index (χ1v) is 4.16. The van der Waals surface area contributed by atoms with Crippen LogP contribution in [0.2, 0.25) is 0 Å². The van der Waals surface area contributed by atoms with E-state index >= 15 is 0 Å². The summed E-state index contributed by atoms with van der Waals surface area (Å²) in [5.41, 5.74) is 0.319. The van der Waals surface area contributed by atoms with Gasteiger partial charge in [-0.05, 0) is 5.41 Å². The van der Waals surface area contributed by atoms with Crippen molar-refractivity contribution in [1.82, 2.24) is 10.3 Å². The van der Waals surface area contributed by atoms with Crippen molar-refractivity contribution in [1.29, 1.82) is 0 Å². The first-order valence-electron chi connectivity index (χ1n) is 4.16. The molecule has 1 aromatic heterocycles. The second-order valence-electron chi connectivity index (χ2n) is 4.13. The lowest BCUT2D eigenvalue weighted by molar-refractivity contribution is 0.366. The molecule has 3 nitrogen and oxygen atoms in total. The number of nitrogens with one attached hydrogen (secondary N) is 1. The van der Waals surface area contributed by atoms with Crippen LogP contribution in [0.4, 0.5) is 0 Å². The molecule has 1 rings (SSSR count). The molecule has 0 saturated heterocycles. The fraction of sp³-hybridized carbons (Fsp3) is 0.667. The molecular weight excluding hydrogens is 152 g/mol. The smallest absolute Gasteiger partial charge is 0.180 e. The molecule has 0 atom stereocenters. The van der Waals surface area contributed by atoms with Crippen LogP contribution < -0.4 is 5.32 Å². The zero-order valence-electron chi connectivity index (χ0n) is 7.92. The van der Waals surface area contributed by atoms with E-state index in [-0.39, 0.29) is 0 Å². The van der Waals surface area contributed by atoms with E-state index in [9.17, 15) is 0 Å². The Bertz CT molecular complexity index is 211. The summed E-state index contributed by atoms with van der Waals surface area (Å²) in [6, 6.07) is 0. The summed E-state index contributed by atoms with van der Waals surface area (Å²) in [4.78, 5) is 3.83. The summed E-state index contributed by atoms with van der Waals surface area (Å²) in [6.07, 6.45) is 3.18. The highest BCUT2D eigenvalue weighted by molar-refractivity contribution is 4.87. The van der Waals surface area contributed by atoms with E-state index < -0.39 is 0 Å². The lowest BCUT2D eigenvalue weighted by atomic mass is 9.97. The first kappa shape index (κ1) is 9.26. The maximum Gasteiger partial charge on any atom is 0.180 e. The lowest BCUT2D eigenvalue weighted by Crippen LogP contribution is -2.26. The van der Waals surface area contributed by atoms with Crippen molar-refractivity contribution in [2.45, 2.75) is 27.3 Å². The maximum atomic E-state index is 5.07. The highest BCUT2D eigenvalue weighted by atomic mass is 16.3. The van der Waals surface area contributed by atoms with Crippen molar-refractivity contribution < 1.29 is 4.42 Å². The van der Waals surface area contributed by atoms with Crippen LogP contribution in [0.5, 0.6) is 0 Å². The molecule has 0 radical (unpaired) electrons. The summed E-state index contributed by atoms with van der Waals surface area (Å²) >= 11 is 0. The predicted molar refractivity (Wildman–Crippen MR) is 47.7 cm³/mol. The molecule has 0 aliphatic rings. The summed E-state index contributed by atoms with van der Waals surface area (Å²) in [5.74, 6) is 0.888. The Hall–Kier alpha value is -0.830. The Morgan fingerprint density at radius 3 is 2.75 bits per heavy atom. The molecule has 0 amide bonds. The zero-order valence-corrected chi connectivity index (χ0v) is 7.92. The molecular formula is C9H16N2O. The van der Waals surface area contributed by atoms with Crippen molar-refractivity contribution >= 4 is 0 Å². The Balaban J connectivity index is 2.20. The number of aromatic nitrogens is 1. The van der Waals surface area contributed by atoms with Crippen LogP contribution in [0.1, 0.15) is 26.5 Å². The van der Waals surface area contributed by atoms with Crippen LogP contribution in [-0.4, -0.2) is 11.5 Å². The van der Waals surface area contributed by atoms with Gasteiger partial charge in [0.1, 0.15) is 5.76 Å². The second kappa shape index (κ2) is 3.72. The average molecular weight is 168 g/mol. The van der Waals surface area contributed by atoms with E-state index in [2.05, 4.69) is 31.1 Å². The minimum absolute atomic E-state index is 0.319. The van der Waals surface area contributed by atoms with E-state index in [0.29, 0.717) is 5.41 Å². The van der Waals surface area contributed by atoms with Gasteiger partial charge in [0.05, 0.1) is 12.7 Å². The van der Waals surface area contributed by atoms with E-state index in [1.165, 1.54) is 6.39 Å². The molecule has 0 bridgehead atoms. The maximum absolute atomic E-state index is 5.07. The average Bonchev–Trinajstić information content (AvgIpc) is 2.36.